The maximum Gasteiger partial charge on any atom is 0.151 e. The van der Waals surface area contributed by atoms with Crippen molar-refractivity contribution in [1.82, 2.24) is 10.2 Å². The lowest BCUT2D eigenvalue weighted by molar-refractivity contribution is 0.211. The SMILES string of the molecule is CCS(=O)(=O)CCN1CCC(NC)CC1. The second kappa shape index (κ2) is 5.82. The number of rotatable bonds is 5. The molecule has 0 atom stereocenters. The van der Waals surface area contributed by atoms with E-state index in [1.165, 1.54) is 0 Å². The molecule has 1 N–H and O–H groups in total. The molecule has 15 heavy (non-hydrogen) atoms. The lowest BCUT2D eigenvalue weighted by atomic mass is 10.1. The van der Waals surface area contributed by atoms with Crippen molar-refractivity contribution in [2.75, 3.05) is 38.2 Å². The molecule has 0 bridgehead atoms. The van der Waals surface area contributed by atoms with E-state index in [1.807, 2.05) is 7.05 Å². The summed E-state index contributed by atoms with van der Waals surface area (Å²) in [4.78, 5) is 2.25. The molecule has 0 aromatic heterocycles. The van der Waals surface area contributed by atoms with Gasteiger partial charge in [0.1, 0.15) is 0 Å². The number of nitrogens with one attached hydrogen (secondary N) is 1. The molecule has 0 aromatic rings. The minimum atomic E-state index is -2.80. The summed E-state index contributed by atoms with van der Waals surface area (Å²) in [5.41, 5.74) is 0. The summed E-state index contributed by atoms with van der Waals surface area (Å²) < 4.78 is 22.6. The number of hydrogen-bond donors (Lipinski definition) is 1. The molecule has 5 heteroatoms. The van der Waals surface area contributed by atoms with Crippen molar-refractivity contribution in [3.63, 3.8) is 0 Å². The smallest absolute Gasteiger partial charge is 0.151 e. The fraction of sp³-hybridized carbons (Fsp3) is 1.00. The van der Waals surface area contributed by atoms with Gasteiger partial charge in [0.2, 0.25) is 0 Å². The van der Waals surface area contributed by atoms with Gasteiger partial charge in [0, 0.05) is 18.3 Å². The Morgan fingerprint density at radius 1 is 1.33 bits per heavy atom. The second-order valence-corrected chi connectivity index (χ2v) is 6.61. The highest BCUT2D eigenvalue weighted by atomic mass is 32.2. The van der Waals surface area contributed by atoms with Crippen LogP contribution >= 0.6 is 0 Å². The van der Waals surface area contributed by atoms with Gasteiger partial charge in [-0.25, -0.2) is 8.42 Å². The number of nitrogens with zero attached hydrogens (tertiary/aromatic N) is 1. The highest BCUT2D eigenvalue weighted by molar-refractivity contribution is 7.91. The van der Waals surface area contributed by atoms with Gasteiger partial charge < -0.3 is 10.2 Å². The molecule has 90 valence electrons. The van der Waals surface area contributed by atoms with Crippen LogP contribution in [-0.2, 0) is 9.84 Å². The van der Waals surface area contributed by atoms with Crippen LogP contribution in [0, 0.1) is 0 Å². The summed E-state index contributed by atoms with van der Waals surface area (Å²) >= 11 is 0. The Bertz CT molecular complexity index is 269. The molecule has 1 rings (SSSR count). The summed E-state index contributed by atoms with van der Waals surface area (Å²) in [5, 5.41) is 3.26. The first-order valence-electron chi connectivity index (χ1n) is 5.67. The Morgan fingerprint density at radius 3 is 2.40 bits per heavy atom. The predicted octanol–water partition coefficient (Wildman–Crippen LogP) is 0.105. The van der Waals surface area contributed by atoms with Crippen LogP contribution in [-0.4, -0.2) is 57.5 Å². The molecule has 0 saturated carbocycles. The van der Waals surface area contributed by atoms with Gasteiger partial charge in [-0.1, -0.05) is 6.92 Å². The molecular weight excluding hydrogens is 212 g/mol. The van der Waals surface area contributed by atoms with Gasteiger partial charge in [0.25, 0.3) is 0 Å². The zero-order chi connectivity index (χ0) is 11.3. The molecule has 0 amide bonds. The summed E-state index contributed by atoms with van der Waals surface area (Å²) in [7, 11) is -0.807. The Morgan fingerprint density at radius 2 is 1.93 bits per heavy atom. The maximum atomic E-state index is 11.3. The van der Waals surface area contributed by atoms with Crippen LogP contribution in [0.2, 0.25) is 0 Å². The molecule has 1 saturated heterocycles. The first-order valence-corrected chi connectivity index (χ1v) is 7.49. The van der Waals surface area contributed by atoms with Gasteiger partial charge >= 0.3 is 0 Å². The summed E-state index contributed by atoms with van der Waals surface area (Å²) in [6.07, 6.45) is 2.26. The van der Waals surface area contributed by atoms with Crippen molar-refractivity contribution in [2.24, 2.45) is 0 Å². The normalized spacial score (nSPS) is 20.7. The van der Waals surface area contributed by atoms with E-state index in [0.717, 1.165) is 25.9 Å². The van der Waals surface area contributed by atoms with Crippen molar-refractivity contribution < 1.29 is 8.42 Å². The minimum absolute atomic E-state index is 0.264. The number of hydrogen-bond acceptors (Lipinski definition) is 4. The molecule has 0 aliphatic carbocycles. The van der Waals surface area contributed by atoms with Crippen molar-refractivity contribution in [2.45, 2.75) is 25.8 Å². The fourth-order valence-electron chi connectivity index (χ4n) is 1.86. The monoisotopic (exact) mass is 234 g/mol. The highest BCUT2D eigenvalue weighted by Gasteiger charge is 2.18. The van der Waals surface area contributed by atoms with Crippen molar-refractivity contribution in [3.8, 4) is 0 Å². The number of likely N-dealkylation sites (tertiary alicyclic amines) is 1. The Balaban J connectivity index is 2.25. The van der Waals surface area contributed by atoms with Crippen LogP contribution in [0.15, 0.2) is 0 Å². The van der Waals surface area contributed by atoms with Crippen LogP contribution in [0.25, 0.3) is 0 Å². The van der Waals surface area contributed by atoms with Crippen LogP contribution in [0.4, 0.5) is 0 Å². The molecule has 1 heterocycles. The molecule has 0 aromatic carbocycles. The summed E-state index contributed by atoms with van der Waals surface area (Å²) in [5.74, 6) is 0.577. The van der Waals surface area contributed by atoms with Gasteiger partial charge in [-0.3, -0.25) is 0 Å². The second-order valence-electron chi connectivity index (χ2n) is 4.14. The van der Waals surface area contributed by atoms with E-state index in [9.17, 15) is 8.42 Å². The van der Waals surface area contributed by atoms with E-state index in [-0.39, 0.29) is 5.75 Å². The van der Waals surface area contributed by atoms with Crippen molar-refractivity contribution in [3.05, 3.63) is 0 Å². The lowest BCUT2D eigenvalue weighted by Crippen LogP contribution is -2.42. The van der Waals surface area contributed by atoms with E-state index < -0.39 is 9.84 Å². The van der Waals surface area contributed by atoms with Crippen LogP contribution < -0.4 is 5.32 Å². The molecule has 0 unspecified atom stereocenters. The average Bonchev–Trinajstić information content (AvgIpc) is 2.27. The third-order valence-electron chi connectivity index (χ3n) is 3.15. The van der Waals surface area contributed by atoms with Crippen LogP contribution in [0.3, 0.4) is 0 Å². The van der Waals surface area contributed by atoms with Crippen LogP contribution in [0.1, 0.15) is 19.8 Å². The topological polar surface area (TPSA) is 49.4 Å². The predicted molar refractivity (Wildman–Crippen MR) is 62.8 cm³/mol. The van der Waals surface area contributed by atoms with Gasteiger partial charge in [0.05, 0.1) is 5.75 Å². The molecule has 1 fully saturated rings. The zero-order valence-corrected chi connectivity index (χ0v) is 10.5. The van der Waals surface area contributed by atoms with Gasteiger partial charge in [-0.2, -0.15) is 0 Å². The van der Waals surface area contributed by atoms with E-state index >= 15 is 0 Å². The van der Waals surface area contributed by atoms with Gasteiger partial charge in [-0.05, 0) is 33.0 Å². The number of sulfone groups is 1. The van der Waals surface area contributed by atoms with E-state index in [2.05, 4.69) is 10.2 Å². The lowest BCUT2D eigenvalue weighted by Gasteiger charge is -2.31. The van der Waals surface area contributed by atoms with Crippen molar-refractivity contribution >= 4 is 9.84 Å². The molecule has 4 nitrogen and oxygen atoms in total. The van der Waals surface area contributed by atoms with Gasteiger partial charge in [0.15, 0.2) is 9.84 Å². The largest absolute Gasteiger partial charge is 0.317 e. The first-order chi connectivity index (χ1) is 7.07. The van der Waals surface area contributed by atoms with Gasteiger partial charge in [-0.15, -0.1) is 0 Å². The third-order valence-corrected chi connectivity index (χ3v) is 4.84. The van der Waals surface area contributed by atoms with E-state index in [4.69, 9.17) is 0 Å². The maximum absolute atomic E-state index is 11.3. The minimum Gasteiger partial charge on any atom is -0.317 e. The molecule has 0 spiro atoms. The number of piperidine rings is 1. The summed E-state index contributed by atoms with van der Waals surface area (Å²) in [6.45, 7) is 4.45. The van der Waals surface area contributed by atoms with E-state index in [0.29, 0.717) is 18.3 Å². The fourth-order valence-corrected chi connectivity index (χ4v) is 2.68. The van der Waals surface area contributed by atoms with E-state index in [1.54, 1.807) is 6.92 Å². The zero-order valence-electron chi connectivity index (χ0n) is 9.70. The quantitative estimate of drug-likeness (QED) is 0.733. The third kappa shape index (κ3) is 4.49. The molecule has 1 aliphatic heterocycles. The highest BCUT2D eigenvalue weighted by Crippen LogP contribution is 2.09. The van der Waals surface area contributed by atoms with Crippen LogP contribution in [0.5, 0.6) is 0 Å². The first kappa shape index (κ1) is 12.9. The summed E-state index contributed by atoms with van der Waals surface area (Å²) in [6, 6.07) is 0.615. The average molecular weight is 234 g/mol. The molecular formula is C10H22N2O2S. The molecule has 0 radical (unpaired) electrons. The standard InChI is InChI=1S/C10H22N2O2S/c1-3-15(13,14)9-8-12-6-4-10(11-2)5-7-12/h10-11H,3-9H2,1-2H3. The van der Waals surface area contributed by atoms with Crippen molar-refractivity contribution in [1.29, 1.82) is 0 Å². The Kier molecular flexibility index (Phi) is 5.02. The Labute approximate surface area is 93.0 Å². The Hall–Kier alpha value is -0.130. The molecule has 1 aliphatic rings.